The molecule has 4 rings (SSSR count). The molecule has 60 heavy (non-hydrogen) atoms. The van der Waals surface area contributed by atoms with E-state index in [1.807, 2.05) is 90.2 Å². The van der Waals surface area contributed by atoms with Crippen molar-refractivity contribution in [1.82, 2.24) is 26.2 Å². The minimum atomic E-state index is -1.97. The fourth-order valence-electron chi connectivity index (χ4n) is 6.85. The molecule has 1 aliphatic rings. The number of unbranched alkanes of at least 4 members (excludes halogenated alkanes) is 2. The number of ether oxygens (including phenoxy) is 3. The Labute approximate surface area is 366 Å². The third-order valence-corrected chi connectivity index (χ3v) is 10.5. The molecule has 15 heteroatoms. The van der Waals surface area contributed by atoms with Crippen LogP contribution in [0, 0.1) is 5.92 Å². The van der Waals surface area contributed by atoms with E-state index in [-0.39, 0.29) is 43.3 Å². The van der Waals surface area contributed by atoms with E-state index in [1.54, 1.807) is 45.0 Å². The van der Waals surface area contributed by atoms with Gasteiger partial charge in [0.25, 0.3) is 5.91 Å². The van der Waals surface area contributed by atoms with Crippen LogP contribution in [0.1, 0.15) is 64.5 Å². The molecule has 1 heterocycles. The second kappa shape index (κ2) is 23.7. The Bertz CT molecular complexity index is 1890. The highest BCUT2D eigenvalue weighted by Crippen LogP contribution is 2.32. The Hall–Kier alpha value is -5.03. The van der Waals surface area contributed by atoms with E-state index < -0.39 is 65.5 Å². The number of hydrogen-bond acceptors (Lipinski definition) is 9. The SMILES string of the molecule is CCCCCC(=O)NC(Cc1ccccc1-c1ccccc1)(C(=O)NC(Cc1ccccc1)C(=O)NC(=O)N1CCOCC1)C(CNC(=O)OC(C)(C)C)COC(=O)CI. The Morgan fingerprint density at radius 2 is 1.52 bits per heavy atom. The van der Waals surface area contributed by atoms with Crippen LogP contribution in [-0.2, 0) is 46.2 Å². The third kappa shape index (κ3) is 14.9. The topological polar surface area (TPSA) is 181 Å². The molecule has 0 radical (unpaired) electrons. The van der Waals surface area contributed by atoms with Crippen molar-refractivity contribution in [2.45, 2.75) is 83.4 Å². The predicted octanol–water partition coefficient (Wildman–Crippen LogP) is 5.75. The first-order valence-corrected chi connectivity index (χ1v) is 21.9. The molecule has 14 nitrogen and oxygen atoms in total. The minimum absolute atomic E-state index is 0.000118. The summed E-state index contributed by atoms with van der Waals surface area (Å²) in [5.74, 6) is -3.70. The summed E-state index contributed by atoms with van der Waals surface area (Å²) in [6, 6.07) is 24.0. The van der Waals surface area contributed by atoms with Crippen LogP contribution in [-0.4, -0.2) is 102 Å². The predicted molar refractivity (Wildman–Crippen MR) is 236 cm³/mol. The van der Waals surface area contributed by atoms with Crippen molar-refractivity contribution in [1.29, 1.82) is 0 Å². The molecule has 6 amide bonds. The fraction of sp³-hybridized carbons (Fsp3) is 0.467. The molecule has 3 aromatic carbocycles. The molecular weight excluding hydrogens is 881 g/mol. The highest BCUT2D eigenvalue weighted by atomic mass is 127. The third-order valence-electron chi connectivity index (χ3n) is 9.92. The molecule has 0 aromatic heterocycles. The number of alkyl halides is 1. The summed E-state index contributed by atoms with van der Waals surface area (Å²) in [6.07, 6.45) is 1.26. The first-order valence-electron chi connectivity index (χ1n) is 20.4. The maximum atomic E-state index is 15.6. The van der Waals surface area contributed by atoms with Crippen LogP contribution in [0.15, 0.2) is 84.9 Å². The van der Waals surface area contributed by atoms with E-state index >= 15 is 4.79 Å². The highest BCUT2D eigenvalue weighted by Gasteiger charge is 2.49. The summed E-state index contributed by atoms with van der Waals surface area (Å²) in [6.45, 7) is 7.65. The fourth-order valence-corrected chi connectivity index (χ4v) is 7.07. The summed E-state index contributed by atoms with van der Waals surface area (Å²) < 4.78 is 16.7. The molecular formula is C45H58IN5O9. The van der Waals surface area contributed by atoms with Gasteiger partial charge in [-0.15, -0.1) is 0 Å². The molecule has 3 unspecified atom stereocenters. The van der Waals surface area contributed by atoms with Crippen molar-refractivity contribution in [3.8, 4) is 11.1 Å². The number of morpholine rings is 1. The Morgan fingerprint density at radius 3 is 2.17 bits per heavy atom. The first-order chi connectivity index (χ1) is 28.7. The van der Waals surface area contributed by atoms with Gasteiger partial charge in [-0.05, 0) is 49.4 Å². The lowest BCUT2D eigenvalue weighted by Gasteiger charge is -2.41. The summed E-state index contributed by atoms with van der Waals surface area (Å²) in [5.41, 5.74) is 0.132. The summed E-state index contributed by atoms with van der Waals surface area (Å²) in [4.78, 5) is 84.8. The molecule has 3 aromatic rings. The first kappa shape index (κ1) is 47.6. The van der Waals surface area contributed by atoms with Gasteiger partial charge in [-0.25, -0.2) is 9.59 Å². The summed E-state index contributed by atoms with van der Waals surface area (Å²) in [5, 5.41) is 11.2. The van der Waals surface area contributed by atoms with Gasteiger partial charge >= 0.3 is 18.1 Å². The van der Waals surface area contributed by atoms with Crippen LogP contribution in [0.5, 0.6) is 0 Å². The van der Waals surface area contributed by atoms with Gasteiger partial charge in [0.2, 0.25) is 11.8 Å². The van der Waals surface area contributed by atoms with Gasteiger partial charge in [-0.2, -0.15) is 0 Å². The molecule has 1 fully saturated rings. The standard InChI is InChI=1S/C45H58IN5O9/c1-5-6-9-22-38(52)50-45(28-34-20-14-15-21-36(34)33-18-12-8-13-19-33,35(31-59-39(53)29-46)30-47-43(57)60-44(2,3)4)41(55)48-37(27-32-16-10-7-11-17-32)40(54)49-42(56)51-23-25-58-26-24-51/h7-8,10-21,35,37H,5-6,9,22-31H2,1-4H3,(H,47,57)(H,48,55)(H,50,52)(H,49,54,56). The number of nitrogens with zero attached hydrogens (tertiary/aromatic N) is 1. The van der Waals surface area contributed by atoms with Gasteiger partial charge in [-0.3, -0.25) is 24.5 Å². The average Bonchev–Trinajstić information content (AvgIpc) is 3.23. The van der Waals surface area contributed by atoms with Crippen molar-refractivity contribution in [3.63, 3.8) is 0 Å². The zero-order chi connectivity index (χ0) is 43.5. The van der Waals surface area contributed by atoms with E-state index in [4.69, 9.17) is 14.2 Å². The molecule has 4 N–H and O–H groups in total. The normalized spacial score (nSPS) is 14.7. The maximum Gasteiger partial charge on any atom is 0.407 e. The maximum absolute atomic E-state index is 15.6. The number of nitrogens with one attached hydrogen (secondary N) is 4. The minimum Gasteiger partial charge on any atom is -0.465 e. The largest absolute Gasteiger partial charge is 0.465 e. The number of amides is 6. The van der Waals surface area contributed by atoms with E-state index in [0.717, 1.165) is 24.0 Å². The molecule has 0 saturated carbocycles. The lowest BCUT2D eigenvalue weighted by atomic mass is 9.76. The molecule has 0 bridgehead atoms. The number of hydrogen-bond donors (Lipinski definition) is 4. The zero-order valence-corrected chi connectivity index (χ0v) is 37.1. The van der Waals surface area contributed by atoms with Crippen LogP contribution in [0.2, 0.25) is 0 Å². The van der Waals surface area contributed by atoms with E-state index in [0.29, 0.717) is 30.8 Å². The number of carbonyl (C=O) groups is 6. The average molecular weight is 940 g/mol. The van der Waals surface area contributed by atoms with Crippen LogP contribution < -0.4 is 21.3 Å². The highest BCUT2D eigenvalue weighted by molar-refractivity contribution is 14.1. The molecule has 1 aliphatic heterocycles. The Balaban J connectivity index is 1.90. The van der Waals surface area contributed by atoms with E-state index in [1.165, 1.54) is 4.90 Å². The molecule has 0 spiro atoms. The van der Waals surface area contributed by atoms with E-state index in [2.05, 4.69) is 21.3 Å². The van der Waals surface area contributed by atoms with Gasteiger partial charge in [-0.1, -0.05) is 127 Å². The Kier molecular flexibility index (Phi) is 18.8. The quantitative estimate of drug-likeness (QED) is 0.0504. The molecule has 1 saturated heterocycles. The number of benzene rings is 3. The molecule has 3 atom stereocenters. The monoisotopic (exact) mass is 939 g/mol. The number of esters is 1. The van der Waals surface area contributed by atoms with Crippen molar-refractivity contribution in [2.75, 3.05) is 43.9 Å². The second-order valence-electron chi connectivity index (χ2n) is 15.7. The van der Waals surface area contributed by atoms with Crippen LogP contribution >= 0.6 is 22.6 Å². The number of rotatable bonds is 19. The van der Waals surface area contributed by atoms with Gasteiger partial charge in [0.15, 0.2) is 0 Å². The number of alkyl carbamates (subject to hydrolysis) is 1. The van der Waals surface area contributed by atoms with Crippen LogP contribution in [0.4, 0.5) is 9.59 Å². The van der Waals surface area contributed by atoms with Crippen molar-refractivity contribution in [2.24, 2.45) is 5.92 Å². The van der Waals surface area contributed by atoms with Crippen LogP contribution in [0.25, 0.3) is 11.1 Å². The van der Waals surface area contributed by atoms with Crippen LogP contribution in [0.3, 0.4) is 0 Å². The van der Waals surface area contributed by atoms with Gasteiger partial charge < -0.3 is 35.1 Å². The van der Waals surface area contributed by atoms with Gasteiger partial charge in [0.05, 0.1) is 24.2 Å². The van der Waals surface area contributed by atoms with E-state index in [9.17, 15) is 24.0 Å². The van der Waals surface area contributed by atoms with Crippen molar-refractivity contribution < 1.29 is 43.0 Å². The van der Waals surface area contributed by atoms with Crippen molar-refractivity contribution >= 4 is 58.4 Å². The smallest absolute Gasteiger partial charge is 0.407 e. The lowest BCUT2D eigenvalue weighted by molar-refractivity contribution is -0.146. The summed E-state index contributed by atoms with van der Waals surface area (Å²) >= 11 is 1.87. The van der Waals surface area contributed by atoms with Crippen molar-refractivity contribution in [3.05, 3.63) is 96.1 Å². The van der Waals surface area contributed by atoms with Gasteiger partial charge in [0, 0.05) is 44.8 Å². The second-order valence-corrected chi connectivity index (χ2v) is 16.4. The van der Waals surface area contributed by atoms with Gasteiger partial charge in [0.1, 0.15) is 17.2 Å². The number of carbonyl (C=O) groups excluding carboxylic acids is 6. The number of imide groups is 1. The Morgan fingerprint density at radius 1 is 0.867 bits per heavy atom. The lowest BCUT2D eigenvalue weighted by Crippen LogP contribution is -2.69. The summed E-state index contributed by atoms with van der Waals surface area (Å²) in [7, 11) is 0. The zero-order valence-electron chi connectivity index (χ0n) is 34.9. The molecule has 324 valence electrons. The molecule has 0 aliphatic carbocycles. The number of urea groups is 1. The number of halogens is 1.